The minimum absolute atomic E-state index is 0.0589. The third-order valence-corrected chi connectivity index (χ3v) is 2.85. The van der Waals surface area contributed by atoms with E-state index in [0.717, 1.165) is 0 Å². The second kappa shape index (κ2) is 7.79. The van der Waals surface area contributed by atoms with Crippen LogP contribution in [0.2, 0.25) is 0 Å². The van der Waals surface area contributed by atoms with Gasteiger partial charge in [0, 0.05) is 11.5 Å². The fourth-order valence-electron chi connectivity index (χ4n) is 1.87. The molecule has 0 saturated heterocycles. The highest BCUT2D eigenvalue weighted by molar-refractivity contribution is 5.91. The molecule has 0 fully saturated rings. The number of carbonyl (C=O) groups excluding carboxylic acids is 1. The van der Waals surface area contributed by atoms with Crippen LogP contribution in [0.1, 0.15) is 49.2 Å². The van der Waals surface area contributed by atoms with Crippen molar-refractivity contribution >= 4 is 5.97 Å². The SMILES string of the molecule is CC(C)(C)OC(=O)c1ccccc1C(O)C(O)CCN=[N+]=[N-]. The highest BCUT2D eigenvalue weighted by Crippen LogP contribution is 2.24. The Kier molecular flexibility index (Phi) is 6.37. The van der Waals surface area contributed by atoms with Gasteiger partial charge in [-0.05, 0) is 44.4 Å². The van der Waals surface area contributed by atoms with Gasteiger partial charge in [-0.2, -0.15) is 0 Å². The molecule has 2 unspecified atom stereocenters. The summed E-state index contributed by atoms with van der Waals surface area (Å²) in [6.45, 7) is 5.30. The Hall–Kier alpha value is -2.08. The summed E-state index contributed by atoms with van der Waals surface area (Å²) in [5.74, 6) is -0.565. The van der Waals surface area contributed by atoms with E-state index in [9.17, 15) is 15.0 Å². The molecule has 0 heterocycles. The van der Waals surface area contributed by atoms with Crippen LogP contribution in [0.4, 0.5) is 0 Å². The number of azide groups is 1. The van der Waals surface area contributed by atoms with Gasteiger partial charge in [-0.3, -0.25) is 0 Å². The summed E-state index contributed by atoms with van der Waals surface area (Å²) < 4.78 is 5.29. The lowest BCUT2D eigenvalue weighted by Crippen LogP contribution is -2.26. The number of ether oxygens (including phenoxy) is 1. The number of benzene rings is 1. The van der Waals surface area contributed by atoms with Crippen LogP contribution in [0.25, 0.3) is 10.4 Å². The minimum Gasteiger partial charge on any atom is -0.456 e. The molecule has 0 spiro atoms. The van der Waals surface area contributed by atoms with E-state index in [2.05, 4.69) is 10.0 Å². The normalized spacial score (nSPS) is 13.9. The molecule has 1 rings (SSSR count). The summed E-state index contributed by atoms with van der Waals surface area (Å²) in [6, 6.07) is 6.40. The maximum absolute atomic E-state index is 12.2. The van der Waals surface area contributed by atoms with E-state index in [4.69, 9.17) is 10.3 Å². The first-order chi connectivity index (χ1) is 10.3. The second-order valence-corrected chi connectivity index (χ2v) is 5.84. The van der Waals surface area contributed by atoms with Crippen LogP contribution in [0.3, 0.4) is 0 Å². The molecule has 120 valence electrons. The molecule has 22 heavy (non-hydrogen) atoms. The highest BCUT2D eigenvalue weighted by atomic mass is 16.6. The number of hydrogen-bond acceptors (Lipinski definition) is 5. The second-order valence-electron chi connectivity index (χ2n) is 5.84. The van der Waals surface area contributed by atoms with E-state index in [1.807, 2.05) is 0 Å². The Morgan fingerprint density at radius 3 is 2.59 bits per heavy atom. The van der Waals surface area contributed by atoms with Crippen molar-refractivity contribution in [3.05, 3.63) is 45.8 Å². The fourth-order valence-corrected chi connectivity index (χ4v) is 1.87. The molecule has 7 heteroatoms. The molecule has 2 atom stereocenters. The first kappa shape index (κ1) is 18.0. The number of aliphatic hydroxyl groups excluding tert-OH is 2. The molecule has 0 aliphatic heterocycles. The zero-order valence-corrected chi connectivity index (χ0v) is 12.9. The van der Waals surface area contributed by atoms with E-state index in [-0.39, 0.29) is 24.1 Å². The van der Waals surface area contributed by atoms with Crippen LogP contribution in [0.15, 0.2) is 29.4 Å². The molecule has 1 aromatic rings. The number of nitrogens with zero attached hydrogens (tertiary/aromatic N) is 3. The van der Waals surface area contributed by atoms with Crippen LogP contribution in [-0.4, -0.2) is 34.4 Å². The van der Waals surface area contributed by atoms with Crippen LogP contribution >= 0.6 is 0 Å². The Bertz CT molecular complexity index is 562. The van der Waals surface area contributed by atoms with Crippen LogP contribution in [0.5, 0.6) is 0 Å². The lowest BCUT2D eigenvalue weighted by Gasteiger charge is -2.23. The quantitative estimate of drug-likeness (QED) is 0.364. The zero-order valence-electron chi connectivity index (χ0n) is 12.9. The van der Waals surface area contributed by atoms with E-state index in [0.29, 0.717) is 0 Å². The molecule has 0 saturated carbocycles. The van der Waals surface area contributed by atoms with Crippen molar-refractivity contribution in [1.82, 2.24) is 0 Å². The minimum atomic E-state index is -1.27. The van der Waals surface area contributed by atoms with E-state index in [1.54, 1.807) is 39.0 Å². The van der Waals surface area contributed by atoms with Gasteiger partial charge in [0.2, 0.25) is 0 Å². The number of carbonyl (C=O) groups is 1. The predicted octanol–water partition coefficient (Wildman–Crippen LogP) is 2.74. The maximum Gasteiger partial charge on any atom is 0.339 e. The molecular weight excluding hydrogens is 286 g/mol. The zero-order chi connectivity index (χ0) is 16.8. The topological polar surface area (TPSA) is 116 Å². The first-order valence-corrected chi connectivity index (χ1v) is 6.95. The third-order valence-electron chi connectivity index (χ3n) is 2.85. The number of aliphatic hydroxyl groups is 2. The summed E-state index contributed by atoms with van der Waals surface area (Å²) in [4.78, 5) is 14.8. The van der Waals surface area contributed by atoms with Gasteiger partial charge < -0.3 is 14.9 Å². The summed E-state index contributed by atoms with van der Waals surface area (Å²) >= 11 is 0. The molecular formula is C15H21N3O4. The molecule has 2 N–H and O–H groups in total. The Labute approximate surface area is 129 Å². The molecule has 0 amide bonds. The third kappa shape index (κ3) is 5.37. The van der Waals surface area contributed by atoms with Gasteiger partial charge in [0.05, 0.1) is 11.7 Å². The molecule has 0 radical (unpaired) electrons. The molecule has 0 aromatic heterocycles. The highest BCUT2D eigenvalue weighted by Gasteiger charge is 2.26. The van der Waals surface area contributed by atoms with E-state index >= 15 is 0 Å². The lowest BCUT2D eigenvalue weighted by atomic mass is 9.97. The van der Waals surface area contributed by atoms with Crippen LogP contribution in [0, 0.1) is 0 Å². The summed E-state index contributed by atoms with van der Waals surface area (Å²) in [5, 5.41) is 23.5. The van der Waals surface area contributed by atoms with Crippen molar-refractivity contribution in [2.75, 3.05) is 6.54 Å². The fraction of sp³-hybridized carbons (Fsp3) is 0.533. The van der Waals surface area contributed by atoms with Crippen LogP contribution < -0.4 is 0 Å². The monoisotopic (exact) mass is 307 g/mol. The van der Waals surface area contributed by atoms with Gasteiger partial charge in [-0.1, -0.05) is 23.3 Å². The standard InChI is InChI=1S/C15H21N3O4/c1-15(2,3)22-14(21)11-7-5-4-6-10(11)13(20)12(19)8-9-17-18-16/h4-7,12-13,19-20H,8-9H2,1-3H3. The molecule has 0 aliphatic carbocycles. The van der Waals surface area contributed by atoms with E-state index in [1.165, 1.54) is 6.07 Å². The number of esters is 1. The van der Waals surface area contributed by atoms with Gasteiger partial charge in [0.15, 0.2) is 0 Å². The van der Waals surface area contributed by atoms with Gasteiger partial charge in [0.1, 0.15) is 11.7 Å². The smallest absolute Gasteiger partial charge is 0.339 e. The van der Waals surface area contributed by atoms with Gasteiger partial charge in [0.25, 0.3) is 0 Å². The Morgan fingerprint density at radius 2 is 2.00 bits per heavy atom. The molecule has 0 bridgehead atoms. The van der Waals surface area contributed by atoms with Crippen molar-refractivity contribution in [1.29, 1.82) is 0 Å². The lowest BCUT2D eigenvalue weighted by molar-refractivity contribution is 0.00249. The van der Waals surface area contributed by atoms with Gasteiger partial charge in [-0.15, -0.1) is 0 Å². The van der Waals surface area contributed by atoms with Crippen molar-refractivity contribution in [2.24, 2.45) is 5.11 Å². The average Bonchev–Trinajstić information content (AvgIpc) is 2.44. The summed E-state index contributed by atoms with van der Waals surface area (Å²) in [5.41, 5.74) is 8.04. The van der Waals surface area contributed by atoms with Crippen LogP contribution in [-0.2, 0) is 4.74 Å². The van der Waals surface area contributed by atoms with Gasteiger partial charge in [-0.25, -0.2) is 4.79 Å². The van der Waals surface area contributed by atoms with Crippen molar-refractivity contribution < 1.29 is 19.7 Å². The first-order valence-electron chi connectivity index (χ1n) is 6.95. The molecule has 7 nitrogen and oxygen atoms in total. The predicted molar refractivity (Wildman–Crippen MR) is 81.2 cm³/mol. The largest absolute Gasteiger partial charge is 0.456 e. The van der Waals surface area contributed by atoms with Crippen molar-refractivity contribution in [2.45, 2.75) is 45.0 Å². The van der Waals surface area contributed by atoms with Crippen molar-refractivity contribution in [3.63, 3.8) is 0 Å². The number of hydrogen-bond donors (Lipinski definition) is 2. The maximum atomic E-state index is 12.2. The summed E-state index contributed by atoms with van der Waals surface area (Å²) in [6.07, 6.45) is -2.32. The summed E-state index contributed by atoms with van der Waals surface area (Å²) in [7, 11) is 0. The number of rotatable bonds is 6. The average molecular weight is 307 g/mol. The Balaban J connectivity index is 2.95. The van der Waals surface area contributed by atoms with Gasteiger partial charge >= 0.3 is 5.97 Å². The molecule has 1 aromatic carbocycles. The Morgan fingerprint density at radius 1 is 1.36 bits per heavy atom. The molecule has 0 aliphatic rings. The van der Waals surface area contributed by atoms with E-state index < -0.39 is 23.8 Å². The van der Waals surface area contributed by atoms with Crippen molar-refractivity contribution in [3.8, 4) is 0 Å².